The molecule has 5 atom stereocenters. The lowest BCUT2D eigenvalue weighted by Gasteiger charge is -2.39. The fraction of sp³-hybridized carbons (Fsp3) is 0.750. The predicted molar refractivity (Wildman–Crippen MR) is 142 cm³/mol. The molecule has 0 spiro atoms. The molecule has 2 aliphatic rings. The van der Waals surface area contributed by atoms with Crippen molar-refractivity contribution < 1.29 is 24.0 Å². The fourth-order valence-electron chi connectivity index (χ4n) is 4.96. The Labute approximate surface area is 221 Å². The van der Waals surface area contributed by atoms with Gasteiger partial charge in [-0.1, -0.05) is 68.9 Å². The minimum Gasteiger partial charge on any atom is -0.356 e. The highest BCUT2D eigenvalue weighted by atomic mass is 16.2. The zero-order valence-corrected chi connectivity index (χ0v) is 24.0. The Morgan fingerprint density at radius 3 is 2.19 bits per heavy atom. The van der Waals surface area contributed by atoms with Crippen LogP contribution in [0.3, 0.4) is 0 Å². The molecule has 2 rings (SSSR count). The van der Waals surface area contributed by atoms with Crippen LogP contribution in [-0.2, 0) is 24.0 Å². The second-order valence-electron chi connectivity index (χ2n) is 13.3. The zero-order valence-electron chi connectivity index (χ0n) is 24.0. The molecule has 208 valence electrons. The third-order valence-electron chi connectivity index (χ3n) is 7.90. The van der Waals surface area contributed by atoms with Crippen molar-refractivity contribution in [1.29, 1.82) is 0 Å². The summed E-state index contributed by atoms with van der Waals surface area (Å²) in [6.45, 7) is 21.3. The lowest BCUT2D eigenvalue weighted by Crippen LogP contribution is -2.61. The third kappa shape index (κ3) is 6.79. The average Bonchev–Trinajstić information content (AvgIpc) is 3.27. The molecule has 37 heavy (non-hydrogen) atoms. The van der Waals surface area contributed by atoms with E-state index in [9.17, 15) is 24.0 Å². The number of likely N-dealkylation sites (tertiary alicyclic amines) is 1. The molecule has 0 aromatic carbocycles. The monoisotopic (exact) mass is 518 g/mol. The molecule has 9 heteroatoms. The number of carbonyl (C=O) groups excluding carboxylic acids is 5. The van der Waals surface area contributed by atoms with Crippen LogP contribution in [0.4, 0.5) is 0 Å². The molecule has 0 bridgehead atoms. The first-order chi connectivity index (χ1) is 16.8. The van der Waals surface area contributed by atoms with Crippen LogP contribution in [0.15, 0.2) is 12.7 Å². The molecule has 2 aliphatic heterocycles. The maximum absolute atomic E-state index is 14.0. The van der Waals surface area contributed by atoms with Crippen LogP contribution >= 0.6 is 0 Å². The molecule has 0 radical (unpaired) electrons. The van der Waals surface area contributed by atoms with Gasteiger partial charge in [0.2, 0.25) is 23.6 Å². The van der Waals surface area contributed by atoms with Gasteiger partial charge in [0.25, 0.3) is 0 Å². The molecule has 2 fully saturated rings. The highest BCUT2D eigenvalue weighted by molar-refractivity contribution is 5.99. The molecule has 2 heterocycles. The molecule has 0 saturated carbocycles. The molecule has 0 unspecified atom stereocenters. The van der Waals surface area contributed by atoms with E-state index in [2.05, 4.69) is 22.5 Å². The van der Waals surface area contributed by atoms with Crippen LogP contribution in [-0.4, -0.2) is 65.5 Å². The van der Waals surface area contributed by atoms with Gasteiger partial charge in [-0.3, -0.25) is 24.0 Å². The number of nitrogens with zero attached hydrogens (tertiary/aromatic N) is 1. The number of amides is 4. The summed E-state index contributed by atoms with van der Waals surface area (Å²) in [4.78, 5) is 67.0. The average molecular weight is 519 g/mol. The lowest BCUT2D eigenvalue weighted by molar-refractivity contribution is -0.147. The number of carbonyl (C=O) groups is 5. The van der Waals surface area contributed by atoms with E-state index < -0.39 is 40.3 Å². The van der Waals surface area contributed by atoms with Crippen LogP contribution in [0.2, 0.25) is 0 Å². The zero-order chi connectivity index (χ0) is 28.5. The van der Waals surface area contributed by atoms with Crippen molar-refractivity contribution in [3.05, 3.63) is 12.7 Å². The Bertz CT molecular complexity index is 943. The van der Waals surface area contributed by atoms with E-state index in [0.717, 1.165) is 6.08 Å². The van der Waals surface area contributed by atoms with E-state index >= 15 is 0 Å². The van der Waals surface area contributed by atoms with E-state index in [1.807, 2.05) is 41.5 Å². The third-order valence-corrected chi connectivity index (χ3v) is 7.90. The maximum atomic E-state index is 14.0. The van der Waals surface area contributed by atoms with E-state index in [0.29, 0.717) is 19.5 Å². The second-order valence-corrected chi connectivity index (χ2v) is 13.3. The van der Waals surface area contributed by atoms with Crippen LogP contribution in [0.1, 0.15) is 75.2 Å². The Morgan fingerprint density at radius 2 is 1.73 bits per heavy atom. The molecule has 0 aromatic rings. The lowest BCUT2D eigenvalue weighted by atomic mass is 9.77. The van der Waals surface area contributed by atoms with E-state index in [-0.39, 0.29) is 41.8 Å². The van der Waals surface area contributed by atoms with E-state index in [4.69, 9.17) is 0 Å². The van der Waals surface area contributed by atoms with Crippen LogP contribution in [0.25, 0.3) is 0 Å². The SMILES string of the molecule is C=CC(=O)[C@H](C[C@@H]1CCNC1=O)NC(=O)[C@H]1N(C(=O)[C@@H](NC(=O)C(C)(C)C)C(C)(C)C)C[C@@H](C)C1(C)C. The van der Waals surface area contributed by atoms with E-state index in [1.165, 1.54) is 0 Å². The fourth-order valence-corrected chi connectivity index (χ4v) is 4.96. The second kappa shape index (κ2) is 11.0. The topological polar surface area (TPSA) is 125 Å². The molecule has 9 nitrogen and oxygen atoms in total. The normalized spacial score (nSPS) is 25.2. The van der Waals surface area contributed by atoms with Crippen molar-refractivity contribution in [3.63, 3.8) is 0 Å². The van der Waals surface area contributed by atoms with Crippen molar-refractivity contribution in [2.45, 2.75) is 93.3 Å². The summed E-state index contributed by atoms with van der Waals surface area (Å²) >= 11 is 0. The largest absolute Gasteiger partial charge is 0.356 e. The Kier molecular flexibility index (Phi) is 9.03. The summed E-state index contributed by atoms with van der Waals surface area (Å²) in [6, 6.07) is -2.62. The number of hydrogen-bond donors (Lipinski definition) is 3. The summed E-state index contributed by atoms with van der Waals surface area (Å²) in [5.74, 6) is -1.92. The molecule has 2 saturated heterocycles. The number of rotatable bonds is 8. The van der Waals surface area contributed by atoms with Gasteiger partial charge in [-0.2, -0.15) is 0 Å². The van der Waals surface area contributed by atoms with Gasteiger partial charge in [0.1, 0.15) is 12.1 Å². The number of nitrogens with one attached hydrogen (secondary N) is 3. The number of hydrogen-bond acceptors (Lipinski definition) is 5. The van der Waals surface area contributed by atoms with Crippen molar-refractivity contribution in [2.75, 3.05) is 13.1 Å². The van der Waals surface area contributed by atoms with Gasteiger partial charge < -0.3 is 20.9 Å². The summed E-state index contributed by atoms with van der Waals surface area (Å²) in [5.41, 5.74) is -1.89. The Balaban J connectivity index is 2.38. The Hall–Kier alpha value is -2.71. The molecule has 0 aromatic heterocycles. The molecule has 3 N–H and O–H groups in total. The highest BCUT2D eigenvalue weighted by Gasteiger charge is 2.54. The van der Waals surface area contributed by atoms with Crippen LogP contribution < -0.4 is 16.0 Å². The molecule has 0 aliphatic carbocycles. The first-order valence-corrected chi connectivity index (χ1v) is 13.2. The molecule has 4 amide bonds. The van der Waals surface area contributed by atoms with Gasteiger partial charge in [0.15, 0.2) is 5.78 Å². The first-order valence-electron chi connectivity index (χ1n) is 13.2. The van der Waals surface area contributed by atoms with Gasteiger partial charge in [-0.25, -0.2) is 0 Å². The summed E-state index contributed by atoms with van der Waals surface area (Å²) < 4.78 is 0. The van der Waals surface area contributed by atoms with Crippen molar-refractivity contribution >= 4 is 29.4 Å². The smallest absolute Gasteiger partial charge is 0.246 e. The standard InChI is InChI=1S/C28H46N4O5/c1-11-19(33)18(14-17-12-13-29-22(17)34)30-23(35)21-28(9,10)16(2)15-32(21)24(36)20(26(3,4)5)31-25(37)27(6,7)8/h11,16-18,20-21H,1,12-15H2,2-10H3,(H,29,34)(H,30,35)(H,31,37)/t16-,17+,18+,20-,21-/m1/s1. The minimum atomic E-state index is -0.915. The van der Waals surface area contributed by atoms with Crippen LogP contribution in [0, 0.1) is 28.1 Å². The number of ketones is 1. The van der Waals surface area contributed by atoms with Gasteiger partial charge >= 0.3 is 0 Å². The Morgan fingerprint density at radius 1 is 1.14 bits per heavy atom. The minimum absolute atomic E-state index is 0.0136. The highest BCUT2D eigenvalue weighted by Crippen LogP contribution is 2.42. The van der Waals surface area contributed by atoms with Gasteiger partial charge in [0.05, 0.1) is 6.04 Å². The summed E-state index contributed by atoms with van der Waals surface area (Å²) in [7, 11) is 0. The predicted octanol–water partition coefficient (Wildman–Crippen LogP) is 2.20. The quantitative estimate of drug-likeness (QED) is 0.425. The van der Waals surface area contributed by atoms with E-state index in [1.54, 1.807) is 25.7 Å². The molecular weight excluding hydrogens is 472 g/mol. The van der Waals surface area contributed by atoms with Gasteiger partial charge in [-0.15, -0.1) is 0 Å². The van der Waals surface area contributed by atoms with Crippen molar-refractivity contribution in [2.24, 2.45) is 28.1 Å². The van der Waals surface area contributed by atoms with Gasteiger partial charge in [0, 0.05) is 24.4 Å². The summed E-state index contributed by atoms with van der Waals surface area (Å²) in [6.07, 6.45) is 1.92. The van der Waals surface area contributed by atoms with Gasteiger partial charge in [-0.05, 0) is 35.7 Å². The van der Waals surface area contributed by atoms with Crippen molar-refractivity contribution in [1.82, 2.24) is 20.9 Å². The van der Waals surface area contributed by atoms with Crippen LogP contribution in [0.5, 0.6) is 0 Å². The van der Waals surface area contributed by atoms with Crippen molar-refractivity contribution in [3.8, 4) is 0 Å². The summed E-state index contributed by atoms with van der Waals surface area (Å²) in [5, 5.41) is 8.52. The first kappa shape index (κ1) is 30.5. The maximum Gasteiger partial charge on any atom is 0.246 e. The molecular formula is C28H46N4O5.